The highest BCUT2D eigenvalue weighted by atomic mass is 16.3. The molecule has 1 unspecified atom stereocenters. The summed E-state index contributed by atoms with van der Waals surface area (Å²) >= 11 is 0. The molecule has 0 aliphatic carbocycles. The topological polar surface area (TPSA) is 80.0 Å². The summed E-state index contributed by atoms with van der Waals surface area (Å²) in [4.78, 5) is 17.1. The van der Waals surface area contributed by atoms with Crippen molar-refractivity contribution >= 4 is 16.9 Å². The van der Waals surface area contributed by atoms with Gasteiger partial charge < -0.3 is 10.4 Å². The van der Waals surface area contributed by atoms with Gasteiger partial charge in [-0.1, -0.05) is 13.8 Å². The lowest BCUT2D eigenvalue weighted by atomic mass is 10.0. The predicted molar refractivity (Wildman–Crippen MR) is 90.4 cm³/mol. The van der Waals surface area contributed by atoms with Crippen molar-refractivity contribution in [3.63, 3.8) is 0 Å². The van der Waals surface area contributed by atoms with Crippen molar-refractivity contribution in [2.45, 2.75) is 53.1 Å². The van der Waals surface area contributed by atoms with Crippen LogP contribution in [0.1, 0.15) is 56.2 Å². The summed E-state index contributed by atoms with van der Waals surface area (Å²) in [5.41, 5.74) is 2.04. The summed E-state index contributed by atoms with van der Waals surface area (Å²) < 4.78 is 1.85. The van der Waals surface area contributed by atoms with Gasteiger partial charge in [0.25, 0.3) is 5.91 Å². The third kappa shape index (κ3) is 3.69. The van der Waals surface area contributed by atoms with E-state index in [9.17, 15) is 4.79 Å². The number of hydrogen-bond acceptors (Lipinski definition) is 4. The number of aryl methyl sites for hydroxylation is 1. The number of aliphatic hydroxyl groups excluding tert-OH is 1. The van der Waals surface area contributed by atoms with Crippen LogP contribution in [0.25, 0.3) is 11.0 Å². The van der Waals surface area contributed by atoms with Crippen molar-refractivity contribution in [3.8, 4) is 0 Å². The zero-order chi connectivity index (χ0) is 17.1. The number of carbonyl (C=O) groups excluding carboxylic acids is 1. The quantitative estimate of drug-likeness (QED) is 0.857. The van der Waals surface area contributed by atoms with Gasteiger partial charge in [0.1, 0.15) is 0 Å². The summed E-state index contributed by atoms with van der Waals surface area (Å²) in [6.45, 7) is 10.0. The second-order valence-corrected chi connectivity index (χ2v) is 6.55. The Morgan fingerprint density at radius 2 is 2.04 bits per heavy atom. The molecular formula is C17H26N4O2. The molecule has 0 saturated carbocycles. The van der Waals surface area contributed by atoms with E-state index in [2.05, 4.69) is 15.4 Å². The third-order valence-electron chi connectivity index (χ3n) is 4.05. The van der Waals surface area contributed by atoms with Crippen LogP contribution in [0.3, 0.4) is 0 Å². The summed E-state index contributed by atoms with van der Waals surface area (Å²) in [6, 6.07) is 2.00. The Morgan fingerprint density at radius 3 is 2.61 bits per heavy atom. The highest BCUT2D eigenvalue weighted by molar-refractivity contribution is 5.98. The molecule has 0 fully saturated rings. The number of hydrogen-bond donors (Lipinski definition) is 2. The van der Waals surface area contributed by atoms with Crippen molar-refractivity contribution < 1.29 is 9.90 Å². The minimum absolute atomic E-state index is 0.0546. The number of aliphatic hydroxyl groups is 1. The minimum Gasteiger partial charge on any atom is -0.396 e. The fourth-order valence-electron chi connectivity index (χ4n) is 2.63. The Morgan fingerprint density at radius 1 is 1.35 bits per heavy atom. The summed E-state index contributed by atoms with van der Waals surface area (Å²) in [5.74, 6) is 0.105. The first-order chi connectivity index (χ1) is 10.8. The minimum atomic E-state index is -0.152. The molecule has 1 atom stereocenters. The van der Waals surface area contributed by atoms with Crippen molar-refractivity contribution in [3.05, 3.63) is 23.5 Å². The molecule has 126 valence electrons. The first-order valence-corrected chi connectivity index (χ1v) is 8.11. The normalized spacial score (nSPS) is 13.0. The second kappa shape index (κ2) is 7.08. The number of aromatic nitrogens is 3. The number of nitrogens with zero attached hydrogens (tertiary/aromatic N) is 3. The first kappa shape index (κ1) is 17.4. The van der Waals surface area contributed by atoms with Crippen molar-refractivity contribution in [2.75, 3.05) is 6.61 Å². The molecule has 0 saturated heterocycles. The van der Waals surface area contributed by atoms with Gasteiger partial charge in [-0.25, -0.2) is 9.67 Å². The van der Waals surface area contributed by atoms with E-state index in [1.807, 2.05) is 45.4 Å². The van der Waals surface area contributed by atoms with E-state index in [0.29, 0.717) is 17.7 Å². The predicted octanol–water partition coefficient (Wildman–Crippen LogP) is 2.46. The molecule has 2 aromatic rings. The zero-order valence-electron chi connectivity index (χ0n) is 14.5. The molecule has 0 aromatic carbocycles. The van der Waals surface area contributed by atoms with Crippen LogP contribution in [0.15, 0.2) is 12.3 Å². The fraction of sp³-hybridized carbons (Fsp3) is 0.588. The van der Waals surface area contributed by atoms with Crippen molar-refractivity contribution in [2.24, 2.45) is 5.92 Å². The molecule has 2 N–H and O–H groups in total. The van der Waals surface area contributed by atoms with Gasteiger partial charge in [0.05, 0.1) is 17.5 Å². The largest absolute Gasteiger partial charge is 0.396 e. The van der Waals surface area contributed by atoms with Gasteiger partial charge in [0, 0.05) is 24.1 Å². The average Bonchev–Trinajstić information content (AvgIpc) is 2.88. The Labute approximate surface area is 136 Å². The Balaban J connectivity index is 2.32. The number of nitrogens with one attached hydrogen (secondary N) is 1. The Hall–Kier alpha value is -1.95. The Bertz CT molecular complexity index is 691. The van der Waals surface area contributed by atoms with Crippen LogP contribution in [0.4, 0.5) is 0 Å². The molecule has 0 aliphatic heterocycles. The number of pyridine rings is 1. The lowest BCUT2D eigenvalue weighted by Crippen LogP contribution is -2.39. The van der Waals surface area contributed by atoms with Crippen LogP contribution in [-0.4, -0.2) is 38.4 Å². The van der Waals surface area contributed by atoms with E-state index in [0.717, 1.165) is 11.0 Å². The van der Waals surface area contributed by atoms with E-state index in [-0.39, 0.29) is 30.5 Å². The third-order valence-corrected chi connectivity index (χ3v) is 4.05. The Kier molecular flexibility index (Phi) is 5.36. The second-order valence-electron chi connectivity index (χ2n) is 6.55. The van der Waals surface area contributed by atoms with E-state index in [1.165, 1.54) is 0 Å². The van der Waals surface area contributed by atoms with E-state index in [4.69, 9.17) is 5.11 Å². The first-order valence-electron chi connectivity index (χ1n) is 8.11. The molecule has 6 heteroatoms. The lowest BCUT2D eigenvalue weighted by molar-refractivity contribution is 0.0915. The maximum Gasteiger partial charge on any atom is 0.253 e. The zero-order valence-corrected chi connectivity index (χ0v) is 14.5. The number of rotatable bonds is 6. The maximum absolute atomic E-state index is 12.6. The van der Waals surface area contributed by atoms with Gasteiger partial charge in [0.2, 0.25) is 0 Å². The van der Waals surface area contributed by atoms with Gasteiger partial charge in [-0.2, -0.15) is 5.10 Å². The molecule has 2 rings (SSSR count). The highest BCUT2D eigenvalue weighted by Gasteiger charge is 2.20. The monoisotopic (exact) mass is 318 g/mol. The van der Waals surface area contributed by atoms with Gasteiger partial charge in [-0.05, 0) is 39.2 Å². The van der Waals surface area contributed by atoms with Crippen LogP contribution in [0.2, 0.25) is 0 Å². The number of amides is 1. The highest BCUT2D eigenvalue weighted by Crippen LogP contribution is 2.19. The molecule has 0 radical (unpaired) electrons. The van der Waals surface area contributed by atoms with E-state index >= 15 is 0 Å². The number of fused-ring (bicyclic) bond motifs is 1. The molecular weight excluding hydrogens is 292 g/mol. The van der Waals surface area contributed by atoms with E-state index in [1.54, 1.807) is 6.20 Å². The lowest BCUT2D eigenvalue weighted by Gasteiger charge is -2.22. The van der Waals surface area contributed by atoms with E-state index < -0.39 is 0 Å². The summed E-state index contributed by atoms with van der Waals surface area (Å²) in [5, 5.41) is 17.4. The van der Waals surface area contributed by atoms with Crippen LogP contribution < -0.4 is 5.32 Å². The SMILES string of the molecule is Cc1nc2c(cnn2C(C)C)cc1C(=O)NC(CCO)C(C)C. The molecule has 0 spiro atoms. The average molecular weight is 318 g/mol. The summed E-state index contributed by atoms with van der Waals surface area (Å²) in [6.07, 6.45) is 2.29. The summed E-state index contributed by atoms with van der Waals surface area (Å²) in [7, 11) is 0. The number of carbonyl (C=O) groups is 1. The van der Waals surface area contributed by atoms with Gasteiger partial charge in [0.15, 0.2) is 5.65 Å². The standard InChI is InChI=1S/C17H26N4O2/c1-10(2)15(6-7-22)20-17(23)14-8-13-9-18-21(11(3)4)16(13)19-12(14)5/h8-11,15,22H,6-7H2,1-5H3,(H,20,23). The van der Waals surface area contributed by atoms with Crippen LogP contribution in [-0.2, 0) is 0 Å². The molecule has 1 amide bonds. The van der Waals surface area contributed by atoms with Gasteiger partial charge >= 0.3 is 0 Å². The van der Waals surface area contributed by atoms with Crippen LogP contribution in [0.5, 0.6) is 0 Å². The smallest absolute Gasteiger partial charge is 0.253 e. The van der Waals surface area contributed by atoms with Gasteiger partial charge in [-0.15, -0.1) is 0 Å². The van der Waals surface area contributed by atoms with Crippen LogP contribution in [0, 0.1) is 12.8 Å². The molecule has 2 heterocycles. The molecule has 0 aliphatic rings. The molecule has 23 heavy (non-hydrogen) atoms. The van der Waals surface area contributed by atoms with Gasteiger partial charge in [-0.3, -0.25) is 4.79 Å². The van der Waals surface area contributed by atoms with Crippen molar-refractivity contribution in [1.82, 2.24) is 20.1 Å². The molecule has 2 aromatic heterocycles. The van der Waals surface area contributed by atoms with Crippen LogP contribution >= 0.6 is 0 Å². The maximum atomic E-state index is 12.6. The fourth-order valence-corrected chi connectivity index (χ4v) is 2.63. The molecule has 0 bridgehead atoms. The van der Waals surface area contributed by atoms with Crippen molar-refractivity contribution in [1.29, 1.82) is 0 Å². The molecule has 6 nitrogen and oxygen atoms in total.